The molecule has 0 N–H and O–H groups in total. The molecule has 5 heteroatoms. The number of hydrogen-bond acceptors (Lipinski definition) is 3. The number of likely N-dealkylation sites (N-methyl/N-ethyl adjacent to an activating group) is 1. The maximum atomic E-state index is 11.0. The van der Waals surface area contributed by atoms with E-state index in [-0.39, 0.29) is 10.8 Å². The molecule has 2 rings (SSSR count). The molecule has 1 aromatic rings. The Balaban J connectivity index is 2.33. The molecular formula is C11H13ClN2O2. The smallest absolute Gasteiger partial charge is 0.233 e. The topological polar surface area (TPSA) is 46.4 Å². The van der Waals surface area contributed by atoms with E-state index < -0.39 is 6.04 Å². The molecule has 1 aromatic carbocycles. The van der Waals surface area contributed by atoms with Gasteiger partial charge in [-0.1, -0.05) is 29.8 Å². The first-order valence-electron chi connectivity index (χ1n) is 5.16. The summed E-state index contributed by atoms with van der Waals surface area (Å²) >= 11 is 6.08. The van der Waals surface area contributed by atoms with Crippen molar-refractivity contribution in [3.8, 4) is 0 Å². The van der Waals surface area contributed by atoms with Gasteiger partial charge in [-0.15, -0.1) is 0 Å². The predicted octanol–water partition coefficient (Wildman–Crippen LogP) is 2.01. The minimum atomic E-state index is -0.551. The van der Waals surface area contributed by atoms with E-state index in [9.17, 15) is 10.1 Å². The number of halogens is 1. The van der Waals surface area contributed by atoms with E-state index in [1.807, 2.05) is 30.1 Å². The van der Waals surface area contributed by atoms with Gasteiger partial charge in [-0.2, -0.15) is 0 Å². The molecule has 1 heterocycles. The fourth-order valence-electron chi connectivity index (χ4n) is 2.27. The number of nitro groups is 1. The minimum absolute atomic E-state index is 0.103. The number of benzene rings is 1. The normalized spacial score (nSPS) is 25.9. The highest BCUT2D eigenvalue weighted by molar-refractivity contribution is 6.31. The molecule has 1 fully saturated rings. The third kappa shape index (κ3) is 2.03. The lowest BCUT2D eigenvalue weighted by Crippen LogP contribution is -2.27. The van der Waals surface area contributed by atoms with Crippen LogP contribution < -0.4 is 0 Å². The molecule has 0 aliphatic carbocycles. The van der Waals surface area contributed by atoms with E-state index in [1.54, 1.807) is 6.07 Å². The second-order valence-corrected chi connectivity index (χ2v) is 4.61. The SMILES string of the molecule is CN1CC(c2ccccc2Cl)C([N+](=O)[O-])C1. The third-order valence-corrected chi connectivity index (χ3v) is 3.39. The second-order valence-electron chi connectivity index (χ2n) is 4.20. The number of hydrogen-bond donors (Lipinski definition) is 0. The first-order valence-corrected chi connectivity index (χ1v) is 5.54. The number of nitrogens with zero attached hydrogens (tertiary/aromatic N) is 2. The van der Waals surface area contributed by atoms with E-state index in [4.69, 9.17) is 11.6 Å². The highest BCUT2D eigenvalue weighted by atomic mass is 35.5. The molecule has 0 amide bonds. The quantitative estimate of drug-likeness (QED) is 0.587. The van der Waals surface area contributed by atoms with Crippen molar-refractivity contribution in [3.63, 3.8) is 0 Å². The van der Waals surface area contributed by atoms with Gasteiger partial charge < -0.3 is 0 Å². The van der Waals surface area contributed by atoms with Crippen LogP contribution in [0, 0.1) is 10.1 Å². The van der Waals surface area contributed by atoms with Crippen LogP contribution in [0.2, 0.25) is 5.02 Å². The largest absolute Gasteiger partial charge is 0.299 e. The lowest BCUT2D eigenvalue weighted by molar-refractivity contribution is -0.521. The van der Waals surface area contributed by atoms with Crippen molar-refractivity contribution in [3.05, 3.63) is 45.0 Å². The first kappa shape index (κ1) is 11.4. The van der Waals surface area contributed by atoms with Crippen LogP contribution in [0.1, 0.15) is 11.5 Å². The lowest BCUT2D eigenvalue weighted by atomic mass is 9.95. The Kier molecular flexibility index (Phi) is 3.12. The average molecular weight is 241 g/mol. The summed E-state index contributed by atoms with van der Waals surface area (Å²) in [7, 11) is 1.90. The molecular weight excluding hydrogens is 228 g/mol. The molecule has 2 unspecified atom stereocenters. The molecule has 86 valence electrons. The fraction of sp³-hybridized carbons (Fsp3) is 0.455. The predicted molar refractivity (Wildman–Crippen MR) is 62.5 cm³/mol. The average Bonchev–Trinajstić information content (AvgIpc) is 2.61. The Morgan fingerprint density at radius 1 is 1.44 bits per heavy atom. The molecule has 0 aromatic heterocycles. The van der Waals surface area contributed by atoms with E-state index in [1.165, 1.54) is 0 Å². The second kappa shape index (κ2) is 4.39. The monoisotopic (exact) mass is 240 g/mol. The summed E-state index contributed by atoms with van der Waals surface area (Å²) in [5, 5.41) is 11.6. The van der Waals surface area contributed by atoms with E-state index in [2.05, 4.69) is 0 Å². The van der Waals surface area contributed by atoms with Gasteiger partial charge in [0.05, 0.1) is 12.5 Å². The Bertz CT molecular complexity index is 411. The van der Waals surface area contributed by atoms with Crippen LogP contribution in [0.3, 0.4) is 0 Å². The molecule has 1 saturated heterocycles. The van der Waals surface area contributed by atoms with Crippen LogP contribution >= 0.6 is 11.6 Å². The first-order chi connectivity index (χ1) is 7.59. The molecule has 16 heavy (non-hydrogen) atoms. The lowest BCUT2D eigenvalue weighted by Gasteiger charge is -2.13. The molecule has 1 aliphatic heterocycles. The van der Waals surface area contributed by atoms with Gasteiger partial charge in [0.1, 0.15) is 0 Å². The van der Waals surface area contributed by atoms with Crippen LogP contribution in [-0.2, 0) is 0 Å². The van der Waals surface area contributed by atoms with Crippen LogP contribution in [-0.4, -0.2) is 36.0 Å². The van der Waals surface area contributed by atoms with E-state index in [0.717, 1.165) is 5.56 Å². The molecule has 0 radical (unpaired) electrons. The van der Waals surface area contributed by atoms with Gasteiger partial charge >= 0.3 is 0 Å². The molecule has 0 bridgehead atoms. The van der Waals surface area contributed by atoms with Crippen LogP contribution in [0.5, 0.6) is 0 Å². The summed E-state index contributed by atoms with van der Waals surface area (Å²) in [5.74, 6) is -0.103. The summed E-state index contributed by atoms with van der Waals surface area (Å²) in [6, 6.07) is 6.82. The van der Waals surface area contributed by atoms with Gasteiger partial charge in [0.15, 0.2) is 0 Å². The zero-order valence-corrected chi connectivity index (χ0v) is 9.72. The zero-order chi connectivity index (χ0) is 11.7. The van der Waals surface area contributed by atoms with Gasteiger partial charge in [0.25, 0.3) is 0 Å². The van der Waals surface area contributed by atoms with Gasteiger partial charge in [-0.3, -0.25) is 15.0 Å². The third-order valence-electron chi connectivity index (χ3n) is 3.05. The molecule has 4 nitrogen and oxygen atoms in total. The maximum absolute atomic E-state index is 11.0. The summed E-state index contributed by atoms with van der Waals surface area (Å²) in [4.78, 5) is 12.8. The molecule has 0 spiro atoms. The summed E-state index contributed by atoms with van der Waals surface area (Å²) in [6.45, 7) is 1.18. The summed E-state index contributed by atoms with van der Waals surface area (Å²) in [6.07, 6.45) is 0. The summed E-state index contributed by atoms with van der Waals surface area (Å²) in [5.41, 5.74) is 0.884. The van der Waals surface area contributed by atoms with Crippen molar-refractivity contribution in [2.75, 3.05) is 20.1 Å². The Morgan fingerprint density at radius 2 is 2.12 bits per heavy atom. The van der Waals surface area contributed by atoms with Crippen LogP contribution in [0.25, 0.3) is 0 Å². The molecule has 2 atom stereocenters. The van der Waals surface area contributed by atoms with E-state index >= 15 is 0 Å². The van der Waals surface area contributed by atoms with Crippen molar-refractivity contribution < 1.29 is 4.92 Å². The molecule has 0 saturated carbocycles. The minimum Gasteiger partial charge on any atom is -0.299 e. The maximum Gasteiger partial charge on any atom is 0.233 e. The Labute approximate surface area is 99.0 Å². The van der Waals surface area contributed by atoms with Gasteiger partial charge in [0.2, 0.25) is 6.04 Å². The Morgan fingerprint density at radius 3 is 2.75 bits per heavy atom. The highest BCUT2D eigenvalue weighted by Gasteiger charge is 2.41. The van der Waals surface area contributed by atoms with Gasteiger partial charge in [-0.05, 0) is 18.7 Å². The van der Waals surface area contributed by atoms with E-state index in [0.29, 0.717) is 18.1 Å². The summed E-state index contributed by atoms with van der Waals surface area (Å²) < 4.78 is 0. The van der Waals surface area contributed by atoms with Crippen molar-refractivity contribution >= 4 is 11.6 Å². The van der Waals surface area contributed by atoms with Gasteiger partial charge in [-0.25, -0.2) is 0 Å². The van der Waals surface area contributed by atoms with Gasteiger partial charge in [0, 0.05) is 16.5 Å². The fourth-order valence-corrected chi connectivity index (χ4v) is 2.55. The van der Waals surface area contributed by atoms with Crippen molar-refractivity contribution in [2.45, 2.75) is 12.0 Å². The van der Waals surface area contributed by atoms with Crippen molar-refractivity contribution in [2.24, 2.45) is 0 Å². The van der Waals surface area contributed by atoms with Crippen LogP contribution in [0.15, 0.2) is 24.3 Å². The Hall–Kier alpha value is -1.13. The molecule has 1 aliphatic rings. The highest BCUT2D eigenvalue weighted by Crippen LogP contribution is 2.32. The zero-order valence-electron chi connectivity index (χ0n) is 8.97. The standard InChI is InChI=1S/C11H13ClN2O2/c1-13-6-9(11(7-13)14(15)16)8-4-2-3-5-10(8)12/h2-5,9,11H,6-7H2,1H3. The number of likely N-dealkylation sites (tertiary alicyclic amines) is 1. The number of rotatable bonds is 2. The van der Waals surface area contributed by atoms with Crippen LogP contribution in [0.4, 0.5) is 0 Å². The van der Waals surface area contributed by atoms with Crippen molar-refractivity contribution in [1.29, 1.82) is 0 Å². The van der Waals surface area contributed by atoms with Crippen molar-refractivity contribution in [1.82, 2.24) is 4.90 Å².